The maximum absolute atomic E-state index is 11.7. The summed E-state index contributed by atoms with van der Waals surface area (Å²) in [5.74, 6) is 0.718. The largest absolute Gasteiger partial charge is 0.381 e. The standard InChI is InChI=1S/C15H32N4O2/c1-6-7-10-21-11-8-9-18-14(17-5)19-12-15(2,3)13(20)16-4/h6-12H2,1-5H3,(H,16,20)(H2,17,18,19). The van der Waals surface area contributed by atoms with Crippen molar-refractivity contribution in [2.45, 2.75) is 40.0 Å². The van der Waals surface area contributed by atoms with Crippen LogP contribution in [0, 0.1) is 5.41 Å². The molecule has 0 aromatic carbocycles. The second-order valence-corrected chi connectivity index (χ2v) is 5.64. The van der Waals surface area contributed by atoms with E-state index in [1.54, 1.807) is 14.1 Å². The third kappa shape index (κ3) is 9.28. The van der Waals surface area contributed by atoms with Gasteiger partial charge in [0.25, 0.3) is 0 Å². The predicted molar refractivity (Wildman–Crippen MR) is 87.6 cm³/mol. The molecular weight excluding hydrogens is 268 g/mol. The van der Waals surface area contributed by atoms with Gasteiger partial charge in [-0.15, -0.1) is 0 Å². The zero-order chi connectivity index (χ0) is 16.1. The first kappa shape index (κ1) is 19.7. The molecule has 0 spiro atoms. The maximum Gasteiger partial charge on any atom is 0.227 e. The van der Waals surface area contributed by atoms with E-state index in [0.29, 0.717) is 12.5 Å². The Morgan fingerprint density at radius 2 is 1.86 bits per heavy atom. The molecule has 0 unspecified atom stereocenters. The van der Waals surface area contributed by atoms with Gasteiger partial charge in [0.05, 0.1) is 5.41 Å². The van der Waals surface area contributed by atoms with Crippen molar-refractivity contribution in [1.29, 1.82) is 0 Å². The number of rotatable bonds is 10. The molecule has 3 N–H and O–H groups in total. The van der Waals surface area contributed by atoms with E-state index in [0.717, 1.165) is 39.0 Å². The molecule has 0 rings (SSSR count). The molecule has 124 valence electrons. The third-order valence-corrected chi connectivity index (χ3v) is 3.16. The Morgan fingerprint density at radius 3 is 2.43 bits per heavy atom. The van der Waals surface area contributed by atoms with Crippen LogP contribution in [-0.4, -0.2) is 52.3 Å². The van der Waals surface area contributed by atoms with Crippen LogP contribution in [0.4, 0.5) is 0 Å². The molecule has 0 aromatic rings. The molecule has 0 aliphatic carbocycles. The molecule has 0 saturated carbocycles. The highest BCUT2D eigenvalue weighted by Crippen LogP contribution is 2.12. The molecule has 0 aromatic heterocycles. The number of hydrogen-bond donors (Lipinski definition) is 3. The van der Waals surface area contributed by atoms with Crippen LogP contribution in [0.3, 0.4) is 0 Å². The molecule has 0 saturated heterocycles. The highest BCUT2D eigenvalue weighted by atomic mass is 16.5. The molecule has 21 heavy (non-hydrogen) atoms. The van der Waals surface area contributed by atoms with E-state index in [4.69, 9.17) is 4.74 Å². The van der Waals surface area contributed by atoms with E-state index in [2.05, 4.69) is 27.9 Å². The lowest BCUT2D eigenvalue weighted by molar-refractivity contribution is -0.128. The summed E-state index contributed by atoms with van der Waals surface area (Å²) >= 11 is 0. The zero-order valence-electron chi connectivity index (χ0n) is 14.2. The number of amides is 1. The molecule has 6 nitrogen and oxygen atoms in total. The second-order valence-electron chi connectivity index (χ2n) is 5.64. The Kier molecular flexibility index (Phi) is 10.7. The number of carbonyl (C=O) groups excluding carboxylic acids is 1. The number of carbonyl (C=O) groups is 1. The Morgan fingerprint density at radius 1 is 1.19 bits per heavy atom. The smallest absolute Gasteiger partial charge is 0.227 e. The van der Waals surface area contributed by atoms with Crippen molar-refractivity contribution in [2.75, 3.05) is 40.4 Å². The van der Waals surface area contributed by atoms with E-state index in [9.17, 15) is 4.79 Å². The van der Waals surface area contributed by atoms with Crippen molar-refractivity contribution in [1.82, 2.24) is 16.0 Å². The van der Waals surface area contributed by atoms with E-state index in [1.165, 1.54) is 0 Å². The lowest BCUT2D eigenvalue weighted by Gasteiger charge is -2.24. The van der Waals surface area contributed by atoms with Gasteiger partial charge in [0.15, 0.2) is 5.96 Å². The summed E-state index contributed by atoms with van der Waals surface area (Å²) in [6, 6.07) is 0. The normalized spacial score (nSPS) is 12.1. The summed E-state index contributed by atoms with van der Waals surface area (Å²) in [6.07, 6.45) is 3.21. The first-order valence-electron chi connectivity index (χ1n) is 7.72. The fourth-order valence-corrected chi connectivity index (χ4v) is 1.67. The van der Waals surface area contributed by atoms with Crippen LogP contribution >= 0.6 is 0 Å². The van der Waals surface area contributed by atoms with Crippen LogP contribution < -0.4 is 16.0 Å². The summed E-state index contributed by atoms with van der Waals surface area (Å²) in [6.45, 7) is 8.87. The van der Waals surface area contributed by atoms with E-state index in [-0.39, 0.29) is 5.91 Å². The van der Waals surface area contributed by atoms with Gasteiger partial charge in [-0.25, -0.2) is 0 Å². The summed E-state index contributed by atoms with van der Waals surface area (Å²) in [7, 11) is 3.37. The van der Waals surface area contributed by atoms with Gasteiger partial charge in [0.2, 0.25) is 5.91 Å². The Balaban J connectivity index is 3.85. The first-order chi connectivity index (χ1) is 9.97. The summed E-state index contributed by atoms with van der Waals surface area (Å²) < 4.78 is 5.50. The van der Waals surface area contributed by atoms with Crippen molar-refractivity contribution >= 4 is 11.9 Å². The van der Waals surface area contributed by atoms with Gasteiger partial charge in [0.1, 0.15) is 0 Å². The lowest BCUT2D eigenvalue weighted by Crippen LogP contribution is -2.47. The van der Waals surface area contributed by atoms with Crippen LogP contribution in [-0.2, 0) is 9.53 Å². The number of unbranched alkanes of at least 4 members (excludes halogenated alkanes) is 1. The third-order valence-electron chi connectivity index (χ3n) is 3.16. The van der Waals surface area contributed by atoms with Crippen molar-refractivity contribution in [3.63, 3.8) is 0 Å². The molecular formula is C15H32N4O2. The fraction of sp³-hybridized carbons (Fsp3) is 0.867. The average molecular weight is 300 g/mol. The minimum atomic E-state index is -0.477. The highest BCUT2D eigenvalue weighted by molar-refractivity contribution is 5.84. The second kappa shape index (κ2) is 11.4. The number of guanidine groups is 1. The van der Waals surface area contributed by atoms with Crippen LogP contribution in [0.5, 0.6) is 0 Å². The van der Waals surface area contributed by atoms with Gasteiger partial charge >= 0.3 is 0 Å². The molecule has 0 aliphatic rings. The zero-order valence-corrected chi connectivity index (χ0v) is 14.2. The molecule has 1 amide bonds. The Labute approximate surface area is 129 Å². The number of nitrogens with zero attached hydrogens (tertiary/aromatic N) is 1. The maximum atomic E-state index is 11.7. The molecule has 6 heteroatoms. The minimum Gasteiger partial charge on any atom is -0.381 e. The average Bonchev–Trinajstić information content (AvgIpc) is 2.48. The van der Waals surface area contributed by atoms with Crippen molar-refractivity contribution < 1.29 is 9.53 Å². The Hall–Kier alpha value is -1.30. The molecule has 0 heterocycles. The molecule has 0 atom stereocenters. The number of ether oxygens (including phenoxy) is 1. The Bertz CT molecular complexity index is 317. The first-order valence-corrected chi connectivity index (χ1v) is 7.72. The minimum absolute atomic E-state index is 0.00905. The van der Waals surface area contributed by atoms with Gasteiger partial charge < -0.3 is 20.7 Å². The quantitative estimate of drug-likeness (QED) is 0.321. The van der Waals surface area contributed by atoms with E-state index < -0.39 is 5.41 Å². The number of hydrogen-bond acceptors (Lipinski definition) is 3. The van der Waals surface area contributed by atoms with Crippen molar-refractivity contribution in [2.24, 2.45) is 10.4 Å². The van der Waals surface area contributed by atoms with E-state index in [1.807, 2.05) is 13.8 Å². The van der Waals surface area contributed by atoms with Crippen LogP contribution in [0.2, 0.25) is 0 Å². The van der Waals surface area contributed by atoms with Crippen LogP contribution in [0.15, 0.2) is 4.99 Å². The van der Waals surface area contributed by atoms with Gasteiger partial charge in [-0.1, -0.05) is 13.3 Å². The number of nitrogens with one attached hydrogen (secondary N) is 3. The summed E-state index contributed by atoms with van der Waals surface area (Å²) in [5, 5.41) is 9.06. The molecule has 0 radical (unpaired) electrons. The SMILES string of the molecule is CCCCOCCCNC(=NC)NCC(C)(C)C(=O)NC. The van der Waals surface area contributed by atoms with Gasteiger partial charge in [-0.2, -0.15) is 0 Å². The van der Waals surface area contributed by atoms with Crippen molar-refractivity contribution in [3.05, 3.63) is 0 Å². The summed E-state index contributed by atoms with van der Waals surface area (Å²) in [4.78, 5) is 15.8. The predicted octanol–water partition coefficient (Wildman–Crippen LogP) is 1.13. The fourth-order valence-electron chi connectivity index (χ4n) is 1.67. The topological polar surface area (TPSA) is 74.8 Å². The molecule has 0 bridgehead atoms. The summed E-state index contributed by atoms with van der Waals surface area (Å²) in [5.41, 5.74) is -0.477. The highest BCUT2D eigenvalue weighted by Gasteiger charge is 2.26. The van der Waals surface area contributed by atoms with Gasteiger partial charge in [-0.05, 0) is 26.7 Å². The van der Waals surface area contributed by atoms with Gasteiger partial charge in [-0.3, -0.25) is 9.79 Å². The number of aliphatic imine (C=N–C) groups is 1. The van der Waals surface area contributed by atoms with Crippen molar-refractivity contribution in [3.8, 4) is 0 Å². The molecule has 0 fully saturated rings. The van der Waals surface area contributed by atoms with Crippen LogP contribution in [0.25, 0.3) is 0 Å². The van der Waals surface area contributed by atoms with Crippen LogP contribution in [0.1, 0.15) is 40.0 Å². The van der Waals surface area contributed by atoms with Gasteiger partial charge in [0, 0.05) is 40.4 Å². The monoisotopic (exact) mass is 300 g/mol. The van der Waals surface area contributed by atoms with E-state index >= 15 is 0 Å². The lowest BCUT2D eigenvalue weighted by atomic mass is 9.92. The molecule has 0 aliphatic heterocycles.